The Morgan fingerprint density at radius 3 is 2.82 bits per heavy atom. The highest BCUT2D eigenvalue weighted by Crippen LogP contribution is 2.27. The molecule has 1 aromatic heterocycles. The minimum Gasteiger partial charge on any atom is -0.481 e. The first kappa shape index (κ1) is 12.0. The zero-order valence-electron chi connectivity index (χ0n) is 10.4. The Balaban J connectivity index is 2.09. The minimum atomic E-state index is 0.246. The van der Waals surface area contributed by atoms with Crippen molar-refractivity contribution >= 4 is 11.8 Å². The van der Waals surface area contributed by atoms with E-state index in [0.717, 1.165) is 5.82 Å². The minimum absolute atomic E-state index is 0.246. The number of ether oxygens (including phenoxy) is 1. The van der Waals surface area contributed by atoms with Crippen LogP contribution in [0.15, 0.2) is 6.07 Å². The predicted octanol–water partition coefficient (Wildman–Crippen LogP) is 2.06. The average molecular weight is 236 g/mol. The molecule has 1 aromatic rings. The third kappa shape index (κ3) is 2.99. The summed E-state index contributed by atoms with van der Waals surface area (Å²) in [5.41, 5.74) is 5.63. The number of anilines is 2. The second kappa shape index (κ2) is 5.21. The van der Waals surface area contributed by atoms with E-state index in [-0.39, 0.29) is 5.95 Å². The van der Waals surface area contributed by atoms with Crippen LogP contribution in [0.5, 0.6) is 5.88 Å². The highest BCUT2D eigenvalue weighted by molar-refractivity contribution is 5.43. The van der Waals surface area contributed by atoms with E-state index in [4.69, 9.17) is 10.5 Å². The van der Waals surface area contributed by atoms with Crippen molar-refractivity contribution in [3.8, 4) is 5.88 Å². The molecule has 3 N–H and O–H groups in total. The lowest BCUT2D eigenvalue weighted by atomic mass is 9.86. The lowest BCUT2D eigenvalue weighted by Gasteiger charge is -2.29. The second-order valence-corrected chi connectivity index (χ2v) is 4.67. The molecule has 1 aliphatic carbocycles. The van der Waals surface area contributed by atoms with Crippen molar-refractivity contribution in [2.75, 3.05) is 18.2 Å². The van der Waals surface area contributed by atoms with Gasteiger partial charge in [0.25, 0.3) is 0 Å². The Morgan fingerprint density at radius 1 is 1.35 bits per heavy atom. The van der Waals surface area contributed by atoms with Crippen LogP contribution < -0.4 is 15.8 Å². The third-order valence-electron chi connectivity index (χ3n) is 3.37. The van der Waals surface area contributed by atoms with Gasteiger partial charge in [-0.2, -0.15) is 9.97 Å². The first-order valence-electron chi connectivity index (χ1n) is 6.14. The van der Waals surface area contributed by atoms with Gasteiger partial charge in [-0.3, -0.25) is 0 Å². The summed E-state index contributed by atoms with van der Waals surface area (Å²) in [7, 11) is 1.58. The molecule has 5 heteroatoms. The van der Waals surface area contributed by atoms with Gasteiger partial charge in [-0.05, 0) is 18.8 Å². The molecule has 2 atom stereocenters. The van der Waals surface area contributed by atoms with Crippen molar-refractivity contribution < 1.29 is 4.74 Å². The maximum absolute atomic E-state index is 5.63. The highest BCUT2D eigenvalue weighted by atomic mass is 16.5. The first-order chi connectivity index (χ1) is 8.19. The van der Waals surface area contributed by atoms with E-state index in [1.165, 1.54) is 25.7 Å². The molecule has 1 fully saturated rings. The Hall–Kier alpha value is -1.52. The zero-order valence-corrected chi connectivity index (χ0v) is 10.4. The molecule has 94 valence electrons. The lowest BCUT2D eigenvalue weighted by molar-refractivity contribution is 0.348. The maximum atomic E-state index is 5.63. The fraction of sp³-hybridized carbons (Fsp3) is 0.667. The molecule has 2 unspecified atom stereocenters. The SMILES string of the molecule is COc1cc(NC2CCCCC2C)nc(N)n1. The van der Waals surface area contributed by atoms with E-state index in [9.17, 15) is 0 Å². The molecule has 0 radical (unpaired) electrons. The van der Waals surface area contributed by atoms with Crippen LogP contribution in [0.3, 0.4) is 0 Å². The largest absolute Gasteiger partial charge is 0.481 e. The van der Waals surface area contributed by atoms with Crippen molar-refractivity contribution in [1.29, 1.82) is 0 Å². The molecule has 1 aliphatic rings. The lowest BCUT2D eigenvalue weighted by Crippen LogP contribution is -2.30. The van der Waals surface area contributed by atoms with Crippen molar-refractivity contribution in [2.45, 2.75) is 38.6 Å². The maximum Gasteiger partial charge on any atom is 0.225 e. The summed E-state index contributed by atoms with van der Waals surface area (Å²) in [4.78, 5) is 8.15. The second-order valence-electron chi connectivity index (χ2n) is 4.67. The van der Waals surface area contributed by atoms with Crippen LogP contribution in [0, 0.1) is 5.92 Å². The molecule has 0 saturated heterocycles. The van der Waals surface area contributed by atoms with Crippen LogP contribution in [-0.4, -0.2) is 23.1 Å². The number of nitrogens with two attached hydrogens (primary N) is 1. The van der Waals surface area contributed by atoms with Crippen molar-refractivity contribution in [1.82, 2.24) is 9.97 Å². The fourth-order valence-electron chi connectivity index (χ4n) is 2.34. The summed E-state index contributed by atoms with van der Waals surface area (Å²) in [6.07, 6.45) is 5.07. The third-order valence-corrected chi connectivity index (χ3v) is 3.37. The van der Waals surface area contributed by atoms with Gasteiger partial charge in [-0.1, -0.05) is 19.8 Å². The van der Waals surface area contributed by atoms with Gasteiger partial charge in [-0.25, -0.2) is 0 Å². The average Bonchev–Trinajstić information content (AvgIpc) is 2.31. The van der Waals surface area contributed by atoms with Crippen molar-refractivity contribution in [2.24, 2.45) is 5.92 Å². The first-order valence-corrected chi connectivity index (χ1v) is 6.14. The van der Waals surface area contributed by atoms with Gasteiger partial charge in [-0.15, -0.1) is 0 Å². The Kier molecular flexibility index (Phi) is 3.66. The number of nitrogens with zero attached hydrogens (tertiary/aromatic N) is 2. The van der Waals surface area contributed by atoms with E-state index < -0.39 is 0 Å². The molecule has 1 saturated carbocycles. The molecule has 0 amide bonds. The monoisotopic (exact) mass is 236 g/mol. The molecule has 1 heterocycles. The van der Waals surface area contributed by atoms with Crippen LogP contribution in [0.25, 0.3) is 0 Å². The number of hydrogen-bond donors (Lipinski definition) is 2. The van der Waals surface area contributed by atoms with Crippen molar-refractivity contribution in [3.63, 3.8) is 0 Å². The zero-order chi connectivity index (χ0) is 12.3. The highest BCUT2D eigenvalue weighted by Gasteiger charge is 2.21. The summed E-state index contributed by atoms with van der Waals surface area (Å²) >= 11 is 0. The smallest absolute Gasteiger partial charge is 0.225 e. The molecule has 0 aromatic carbocycles. The molecule has 0 aliphatic heterocycles. The normalized spacial score (nSPS) is 24.4. The van der Waals surface area contributed by atoms with Gasteiger partial charge in [0.05, 0.1) is 7.11 Å². The van der Waals surface area contributed by atoms with E-state index >= 15 is 0 Å². The van der Waals surface area contributed by atoms with Gasteiger partial charge in [0.2, 0.25) is 11.8 Å². The molecule has 17 heavy (non-hydrogen) atoms. The number of aromatic nitrogens is 2. The van der Waals surface area contributed by atoms with Gasteiger partial charge >= 0.3 is 0 Å². The number of rotatable bonds is 3. The Labute approximate surface area is 102 Å². The van der Waals surface area contributed by atoms with E-state index in [2.05, 4.69) is 22.2 Å². The molecular weight excluding hydrogens is 216 g/mol. The quantitative estimate of drug-likeness (QED) is 0.840. The van der Waals surface area contributed by atoms with Gasteiger partial charge in [0.15, 0.2) is 0 Å². The number of nitrogens with one attached hydrogen (secondary N) is 1. The van der Waals surface area contributed by atoms with E-state index in [1.807, 2.05) is 0 Å². The van der Waals surface area contributed by atoms with Gasteiger partial charge in [0.1, 0.15) is 5.82 Å². The summed E-state index contributed by atoms with van der Waals surface area (Å²) in [6, 6.07) is 2.26. The molecule has 2 rings (SSSR count). The summed E-state index contributed by atoms with van der Waals surface area (Å²) in [6.45, 7) is 2.28. The van der Waals surface area contributed by atoms with Crippen LogP contribution >= 0.6 is 0 Å². The summed E-state index contributed by atoms with van der Waals surface area (Å²) < 4.78 is 5.08. The Morgan fingerprint density at radius 2 is 2.12 bits per heavy atom. The van der Waals surface area contributed by atoms with Crippen molar-refractivity contribution in [3.05, 3.63) is 6.07 Å². The fourth-order valence-corrected chi connectivity index (χ4v) is 2.34. The number of methoxy groups -OCH3 is 1. The van der Waals surface area contributed by atoms with Crippen LogP contribution in [-0.2, 0) is 0 Å². The number of nitrogen functional groups attached to an aromatic ring is 1. The number of hydrogen-bond acceptors (Lipinski definition) is 5. The van der Waals surface area contributed by atoms with Gasteiger partial charge in [0, 0.05) is 12.1 Å². The molecule has 5 nitrogen and oxygen atoms in total. The molecule has 0 spiro atoms. The van der Waals surface area contributed by atoms with Gasteiger partial charge < -0.3 is 15.8 Å². The summed E-state index contributed by atoms with van der Waals surface area (Å²) in [5, 5.41) is 3.44. The van der Waals surface area contributed by atoms with Crippen LogP contribution in [0.4, 0.5) is 11.8 Å². The van der Waals surface area contributed by atoms with E-state index in [1.54, 1.807) is 13.2 Å². The topological polar surface area (TPSA) is 73.1 Å². The molecule has 0 bridgehead atoms. The summed E-state index contributed by atoms with van der Waals surface area (Å²) in [5.74, 6) is 2.18. The van der Waals surface area contributed by atoms with E-state index in [0.29, 0.717) is 17.8 Å². The Bertz CT molecular complexity index is 383. The predicted molar refractivity (Wildman–Crippen MR) is 68.0 cm³/mol. The molecular formula is C12H20N4O. The van der Waals surface area contributed by atoms with Crippen LogP contribution in [0.1, 0.15) is 32.6 Å². The standard InChI is InChI=1S/C12H20N4O/c1-8-5-3-4-6-9(8)14-10-7-11(17-2)16-12(13)15-10/h7-9H,3-6H2,1-2H3,(H3,13,14,15,16). The van der Waals surface area contributed by atoms with Crippen LogP contribution in [0.2, 0.25) is 0 Å².